The van der Waals surface area contributed by atoms with Gasteiger partial charge in [-0.1, -0.05) is 0 Å². The summed E-state index contributed by atoms with van der Waals surface area (Å²) in [5.74, 6) is 0. The van der Waals surface area contributed by atoms with Crippen LogP contribution in [-0.4, -0.2) is 24.3 Å². The Hall–Kier alpha value is 0.436. The zero-order valence-electron chi connectivity index (χ0n) is 3.02. The van der Waals surface area contributed by atoms with Gasteiger partial charge >= 0.3 is 33.4 Å². The van der Waals surface area contributed by atoms with Crippen LogP contribution in [0.3, 0.4) is 0 Å². The van der Waals surface area contributed by atoms with Crippen LogP contribution in [0.15, 0.2) is 3.65 Å². The van der Waals surface area contributed by atoms with E-state index in [-0.39, 0.29) is 17.2 Å². The number of nitrogens with zero attached hydrogens (tertiary/aromatic N) is 1. The summed E-state index contributed by atoms with van der Waals surface area (Å²) in [7, 11) is 1.88. The van der Waals surface area contributed by atoms with Gasteiger partial charge in [0.2, 0.25) is 0 Å². The van der Waals surface area contributed by atoms with Gasteiger partial charge in [-0.05, 0) is 0 Å². The van der Waals surface area contributed by atoms with E-state index < -0.39 is 0 Å². The van der Waals surface area contributed by atoms with Crippen molar-refractivity contribution in [3.63, 3.8) is 0 Å². The topological polar surface area (TPSA) is 12.4 Å². The zero-order chi connectivity index (χ0) is 3.41. The van der Waals surface area contributed by atoms with Gasteiger partial charge in [-0.2, -0.15) is 0 Å². The molecule has 1 nitrogen and oxygen atoms in total. The zero-order valence-corrected chi connectivity index (χ0v) is 5.45. The molecule has 0 amide bonds. The van der Waals surface area contributed by atoms with Crippen molar-refractivity contribution in [3.05, 3.63) is 0 Å². The van der Waals surface area contributed by atoms with E-state index in [1.54, 1.807) is 0 Å². The summed E-state index contributed by atoms with van der Waals surface area (Å²) in [6.07, 6.45) is 0. The average Bonchev–Trinajstić information content (AvgIpc) is 1.37. The fourth-order valence-corrected chi connectivity index (χ4v) is 0. The van der Waals surface area contributed by atoms with Crippen LogP contribution in [0.5, 0.6) is 0 Å². The predicted octanol–water partition coefficient (Wildman–Crippen LogP) is 0.552. The molecule has 0 rings (SSSR count). The van der Waals surface area contributed by atoms with Crippen molar-refractivity contribution < 1.29 is 0 Å². The van der Waals surface area contributed by atoms with E-state index in [1.807, 2.05) is 7.05 Å². The first-order valence-electron chi connectivity index (χ1n) is 1.28. The molecule has 0 spiro atoms. The molecule has 2 heteroatoms. The Labute approximate surface area is 34.0 Å². The molecule has 0 aromatic heterocycles. The van der Waals surface area contributed by atoms with Gasteiger partial charge < -0.3 is 0 Å². The van der Waals surface area contributed by atoms with Crippen LogP contribution in [0, 0.1) is 0 Å². The van der Waals surface area contributed by atoms with Crippen molar-refractivity contribution in [2.24, 2.45) is 3.65 Å². The molecular weight excluding hydrogens is 108 g/mol. The summed E-state index contributed by atoms with van der Waals surface area (Å²) in [4.78, 5) is 0. The van der Waals surface area contributed by atoms with Crippen molar-refractivity contribution in [2.75, 3.05) is 7.05 Å². The third-order valence-corrected chi connectivity index (χ3v) is 1.34. The van der Waals surface area contributed by atoms with Gasteiger partial charge in [0.25, 0.3) is 0 Å². The van der Waals surface area contributed by atoms with Crippen molar-refractivity contribution in [1.29, 1.82) is 0 Å². The van der Waals surface area contributed by atoms with E-state index in [4.69, 9.17) is 0 Å². The molecule has 0 N–H and O–H groups in total. The summed E-state index contributed by atoms with van der Waals surface area (Å²) in [6, 6.07) is 0. The molecule has 0 heterocycles. The molecule has 0 fully saturated rings. The third-order valence-electron chi connectivity index (χ3n) is 0.258. The summed E-state index contributed by atoms with van der Waals surface area (Å²) in [5, 5.41) is 0. The first-order valence-corrected chi connectivity index (χ1v) is 4.79. The van der Waals surface area contributed by atoms with Crippen molar-refractivity contribution >= 4 is 17.2 Å². The van der Waals surface area contributed by atoms with Crippen LogP contribution >= 0.6 is 0 Å². The van der Waals surface area contributed by atoms with Crippen LogP contribution in [0.2, 0.25) is 5.48 Å². The number of hydrogen-bond donors (Lipinski definition) is 0. The monoisotopic (exact) mass is 113 g/mol. The summed E-state index contributed by atoms with van der Waals surface area (Å²) < 4.78 is 3.89. The van der Waals surface area contributed by atoms with Crippen LogP contribution in [0.1, 0.15) is 0 Å². The molecule has 0 bridgehead atoms. The summed E-state index contributed by atoms with van der Waals surface area (Å²) >= 11 is -0.0625. The van der Waals surface area contributed by atoms with E-state index in [0.29, 0.717) is 0 Å². The molecule has 0 saturated heterocycles. The Morgan fingerprint density at radius 3 is 2.00 bits per heavy atom. The Bertz CT molecular complexity index is 21.2. The molecule has 0 aliphatic rings. The van der Waals surface area contributed by atoms with Crippen LogP contribution in [0.4, 0.5) is 0 Å². The predicted molar refractivity (Wildman–Crippen MR) is 20.0 cm³/mol. The second-order valence-electron chi connectivity index (χ2n) is 0.516. The molecule has 0 unspecified atom stereocenters. The second kappa shape index (κ2) is 3.44. The van der Waals surface area contributed by atoms with E-state index in [2.05, 4.69) is 9.12 Å². The Morgan fingerprint density at radius 2 is 2.00 bits per heavy atom. The normalized spacial score (nSPS) is 7.50. The molecule has 0 aromatic rings. The standard InChI is InChI=1S/CH3N.CH3.Ga/c1-2;;/h1H3;1H3;. The first kappa shape index (κ1) is 4.44. The third kappa shape index (κ3) is 2.44. The van der Waals surface area contributed by atoms with Crippen molar-refractivity contribution in [3.8, 4) is 0 Å². The van der Waals surface area contributed by atoms with Crippen molar-refractivity contribution in [2.45, 2.75) is 5.48 Å². The van der Waals surface area contributed by atoms with Gasteiger partial charge in [0, 0.05) is 0 Å². The Morgan fingerprint density at radius 1 is 1.75 bits per heavy atom. The Balaban J connectivity index is 2.55. The van der Waals surface area contributed by atoms with E-state index >= 15 is 0 Å². The molecular formula is C2H6GaN. The molecule has 22 valence electrons. The SMILES string of the molecule is C[N]=[Ga][CH3]. The van der Waals surface area contributed by atoms with Crippen LogP contribution in [-0.2, 0) is 0 Å². The van der Waals surface area contributed by atoms with Gasteiger partial charge in [-0.15, -0.1) is 0 Å². The maximum atomic E-state index is 3.89. The molecule has 0 aliphatic heterocycles. The first-order chi connectivity index (χ1) is 1.91. The minimum atomic E-state index is -0.0625. The fourth-order valence-electron chi connectivity index (χ4n) is 0. The molecule has 0 radical (unpaired) electrons. The van der Waals surface area contributed by atoms with Crippen molar-refractivity contribution in [1.82, 2.24) is 0 Å². The Kier molecular flexibility index (Phi) is 3.81. The van der Waals surface area contributed by atoms with Gasteiger partial charge in [0.15, 0.2) is 0 Å². The number of hydrogen-bond acceptors (Lipinski definition) is 1. The van der Waals surface area contributed by atoms with E-state index in [9.17, 15) is 0 Å². The number of rotatable bonds is 0. The minimum absolute atomic E-state index is 0.0625. The molecule has 4 heavy (non-hydrogen) atoms. The molecule has 0 saturated carbocycles. The van der Waals surface area contributed by atoms with Gasteiger partial charge in [0.05, 0.1) is 0 Å². The van der Waals surface area contributed by atoms with E-state index in [1.165, 1.54) is 0 Å². The second-order valence-corrected chi connectivity index (χ2v) is 2.68. The summed E-state index contributed by atoms with van der Waals surface area (Å²) in [6.45, 7) is 0. The van der Waals surface area contributed by atoms with E-state index in [0.717, 1.165) is 0 Å². The van der Waals surface area contributed by atoms with Gasteiger partial charge in [0.1, 0.15) is 0 Å². The van der Waals surface area contributed by atoms with Crippen LogP contribution in [0.25, 0.3) is 0 Å². The summed E-state index contributed by atoms with van der Waals surface area (Å²) in [5.41, 5.74) is 2.17. The molecule has 0 aromatic carbocycles. The molecule has 0 atom stereocenters. The van der Waals surface area contributed by atoms with Gasteiger partial charge in [-0.3, -0.25) is 0 Å². The quantitative estimate of drug-likeness (QED) is 0.407. The fraction of sp³-hybridized carbons (Fsp3) is 1.00. The maximum absolute atomic E-state index is 3.89. The average molecular weight is 114 g/mol. The molecule has 0 aliphatic carbocycles. The van der Waals surface area contributed by atoms with Crippen LogP contribution < -0.4 is 0 Å². The van der Waals surface area contributed by atoms with Gasteiger partial charge in [-0.25, -0.2) is 0 Å².